The predicted octanol–water partition coefficient (Wildman–Crippen LogP) is 1.32. The van der Waals surface area contributed by atoms with Crippen molar-refractivity contribution in [1.82, 2.24) is 0 Å². The van der Waals surface area contributed by atoms with Gasteiger partial charge in [-0.25, -0.2) is 4.39 Å². The van der Waals surface area contributed by atoms with Gasteiger partial charge in [-0.15, -0.1) is 0 Å². The molecule has 0 bridgehead atoms. The van der Waals surface area contributed by atoms with Crippen molar-refractivity contribution in [3.63, 3.8) is 0 Å². The molecule has 0 amide bonds. The molecule has 5 heteroatoms. The van der Waals surface area contributed by atoms with Gasteiger partial charge in [-0.2, -0.15) is 0 Å². The fraction of sp³-hybridized carbons (Fsp3) is 0.400. The van der Waals surface area contributed by atoms with Gasteiger partial charge in [0.2, 0.25) is 0 Å². The molecule has 1 aliphatic rings. The lowest BCUT2D eigenvalue weighted by Gasteiger charge is -2.23. The van der Waals surface area contributed by atoms with Gasteiger partial charge in [0.05, 0.1) is 5.56 Å². The third kappa shape index (κ3) is 1.59. The molecule has 1 heterocycles. The van der Waals surface area contributed by atoms with Gasteiger partial charge in [-0.1, -0.05) is 0 Å². The van der Waals surface area contributed by atoms with Gasteiger partial charge < -0.3 is 20.3 Å². The Morgan fingerprint density at radius 3 is 2.80 bits per heavy atom. The SMILES string of the molecule is CC(N)c1c(O)c(F)cc2c1OCCO2. The average molecular weight is 213 g/mol. The van der Waals surface area contributed by atoms with E-state index in [-0.39, 0.29) is 5.56 Å². The van der Waals surface area contributed by atoms with E-state index < -0.39 is 17.6 Å². The second kappa shape index (κ2) is 3.58. The molecule has 0 aliphatic carbocycles. The summed E-state index contributed by atoms with van der Waals surface area (Å²) in [6, 6.07) is 0.589. The van der Waals surface area contributed by atoms with Gasteiger partial charge in [-0.05, 0) is 6.92 Å². The number of benzene rings is 1. The number of hydrogen-bond acceptors (Lipinski definition) is 4. The Bertz CT molecular complexity index is 393. The van der Waals surface area contributed by atoms with Crippen LogP contribution in [0.4, 0.5) is 4.39 Å². The van der Waals surface area contributed by atoms with Crippen molar-refractivity contribution >= 4 is 0 Å². The highest BCUT2D eigenvalue weighted by molar-refractivity contribution is 5.56. The smallest absolute Gasteiger partial charge is 0.170 e. The largest absolute Gasteiger partial charge is 0.504 e. The number of rotatable bonds is 1. The fourth-order valence-electron chi connectivity index (χ4n) is 1.59. The molecular weight excluding hydrogens is 201 g/mol. The Balaban J connectivity index is 2.63. The molecule has 0 radical (unpaired) electrons. The third-order valence-corrected chi connectivity index (χ3v) is 2.25. The van der Waals surface area contributed by atoms with Gasteiger partial charge in [0.25, 0.3) is 0 Å². The molecule has 1 aliphatic heterocycles. The molecule has 0 spiro atoms. The summed E-state index contributed by atoms with van der Waals surface area (Å²) in [6.45, 7) is 2.39. The molecule has 2 rings (SSSR count). The lowest BCUT2D eigenvalue weighted by Crippen LogP contribution is -2.19. The van der Waals surface area contributed by atoms with Gasteiger partial charge in [0.15, 0.2) is 23.1 Å². The van der Waals surface area contributed by atoms with Crippen LogP contribution in [0.3, 0.4) is 0 Å². The Morgan fingerprint density at radius 2 is 2.13 bits per heavy atom. The van der Waals surface area contributed by atoms with Crippen molar-refractivity contribution in [1.29, 1.82) is 0 Å². The Morgan fingerprint density at radius 1 is 1.47 bits per heavy atom. The lowest BCUT2D eigenvalue weighted by molar-refractivity contribution is 0.167. The summed E-state index contributed by atoms with van der Waals surface area (Å²) in [4.78, 5) is 0. The fourth-order valence-corrected chi connectivity index (χ4v) is 1.59. The maximum absolute atomic E-state index is 13.3. The van der Waals surface area contributed by atoms with Gasteiger partial charge in [-0.3, -0.25) is 0 Å². The molecule has 0 aromatic heterocycles. The Hall–Kier alpha value is -1.49. The molecule has 3 N–H and O–H groups in total. The van der Waals surface area contributed by atoms with Crippen molar-refractivity contribution in [3.8, 4) is 17.2 Å². The summed E-state index contributed by atoms with van der Waals surface area (Å²) < 4.78 is 23.8. The first-order valence-corrected chi connectivity index (χ1v) is 4.67. The first-order chi connectivity index (χ1) is 7.11. The number of aromatic hydroxyl groups is 1. The van der Waals surface area contributed by atoms with Crippen LogP contribution in [0.25, 0.3) is 0 Å². The van der Waals surface area contributed by atoms with Crippen LogP contribution in [0, 0.1) is 5.82 Å². The number of hydrogen-bond donors (Lipinski definition) is 2. The molecule has 82 valence electrons. The Labute approximate surface area is 86.4 Å². The first-order valence-electron chi connectivity index (χ1n) is 4.67. The molecule has 1 atom stereocenters. The highest BCUT2D eigenvalue weighted by Gasteiger charge is 2.24. The summed E-state index contributed by atoms with van der Waals surface area (Å²) in [6.07, 6.45) is 0. The summed E-state index contributed by atoms with van der Waals surface area (Å²) in [7, 11) is 0. The molecule has 1 unspecified atom stereocenters. The third-order valence-electron chi connectivity index (χ3n) is 2.25. The molecular formula is C10H12FNO3. The number of halogens is 1. The molecule has 1 aromatic rings. The van der Waals surface area contributed by atoms with Gasteiger partial charge in [0, 0.05) is 12.1 Å². The van der Waals surface area contributed by atoms with Crippen LogP contribution in [0.2, 0.25) is 0 Å². The lowest BCUT2D eigenvalue weighted by atomic mass is 10.1. The van der Waals surface area contributed by atoms with E-state index >= 15 is 0 Å². The molecule has 15 heavy (non-hydrogen) atoms. The molecule has 0 fully saturated rings. The zero-order valence-electron chi connectivity index (χ0n) is 8.29. The van der Waals surface area contributed by atoms with E-state index in [1.807, 2.05) is 0 Å². The predicted molar refractivity (Wildman–Crippen MR) is 51.7 cm³/mol. The maximum Gasteiger partial charge on any atom is 0.170 e. The average Bonchev–Trinajstić information content (AvgIpc) is 2.19. The Kier molecular flexibility index (Phi) is 2.40. The van der Waals surface area contributed by atoms with Crippen LogP contribution in [0.15, 0.2) is 6.07 Å². The number of nitrogens with two attached hydrogens (primary N) is 1. The van der Waals surface area contributed by atoms with E-state index in [4.69, 9.17) is 15.2 Å². The summed E-state index contributed by atoms with van der Waals surface area (Å²) in [5.41, 5.74) is 5.90. The van der Waals surface area contributed by atoms with Crippen LogP contribution >= 0.6 is 0 Å². The number of fused-ring (bicyclic) bond motifs is 1. The minimum absolute atomic E-state index is 0.254. The van der Waals surface area contributed by atoms with Gasteiger partial charge >= 0.3 is 0 Å². The van der Waals surface area contributed by atoms with E-state index in [1.165, 1.54) is 0 Å². The second-order valence-electron chi connectivity index (χ2n) is 3.43. The van der Waals surface area contributed by atoms with Crippen LogP contribution in [0.1, 0.15) is 18.5 Å². The number of phenols is 1. The number of phenolic OH excluding ortho intramolecular Hbond substituents is 1. The van der Waals surface area contributed by atoms with Gasteiger partial charge in [0.1, 0.15) is 13.2 Å². The number of ether oxygens (including phenoxy) is 2. The monoisotopic (exact) mass is 213 g/mol. The van der Waals surface area contributed by atoms with Crippen LogP contribution in [0.5, 0.6) is 17.2 Å². The van der Waals surface area contributed by atoms with Crippen molar-refractivity contribution in [3.05, 3.63) is 17.4 Å². The molecule has 1 aromatic carbocycles. The quantitative estimate of drug-likeness (QED) is 0.738. The standard InChI is InChI=1S/C10H12FNO3/c1-5(12)8-9(13)6(11)4-7-10(8)15-3-2-14-7/h4-5,13H,2-3,12H2,1H3. The van der Waals surface area contributed by atoms with Crippen molar-refractivity contribution in [2.24, 2.45) is 5.73 Å². The van der Waals surface area contributed by atoms with Crippen molar-refractivity contribution in [2.45, 2.75) is 13.0 Å². The minimum atomic E-state index is -0.744. The van der Waals surface area contributed by atoms with Crippen molar-refractivity contribution in [2.75, 3.05) is 13.2 Å². The van der Waals surface area contributed by atoms with Crippen LogP contribution in [-0.2, 0) is 0 Å². The maximum atomic E-state index is 13.3. The second-order valence-corrected chi connectivity index (χ2v) is 3.43. The van der Waals surface area contributed by atoms with E-state index in [9.17, 15) is 9.50 Å². The van der Waals surface area contributed by atoms with E-state index in [0.29, 0.717) is 24.7 Å². The summed E-state index contributed by atoms with van der Waals surface area (Å²) >= 11 is 0. The zero-order chi connectivity index (χ0) is 11.0. The first kappa shape index (κ1) is 10.0. The molecule has 0 saturated carbocycles. The highest BCUT2D eigenvalue weighted by atomic mass is 19.1. The van der Waals surface area contributed by atoms with E-state index in [1.54, 1.807) is 6.92 Å². The topological polar surface area (TPSA) is 64.7 Å². The van der Waals surface area contributed by atoms with Crippen LogP contribution < -0.4 is 15.2 Å². The minimum Gasteiger partial charge on any atom is -0.504 e. The zero-order valence-corrected chi connectivity index (χ0v) is 8.29. The van der Waals surface area contributed by atoms with Crippen LogP contribution in [-0.4, -0.2) is 18.3 Å². The van der Waals surface area contributed by atoms with Crippen molar-refractivity contribution < 1.29 is 19.0 Å². The summed E-state index contributed by atoms with van der Waals surface area (Å²) in [5.74, 6) is -0.570. The normalized spacial score (nSPS) is 16.2. The summed E-state index contributed by atoms with van der Waals surface area (Å²) in [5, 5.41) is 9.53. The van der Waals surface area contributed by atoms with E-state index in [0.717, 1.165) is 6.07 Å². The highest BCUT2D eigenvalue weighted by Crippen LogP contribution is 2.43. The molecule has 0 saturated heterocycles. The van der Waals surface area contributed by atoms with E-state index in [2.05, 4.69) is 0 Å². The molecule has 4 nitrogen and oxygen atoms in total.